The first-order valence-electron chi connectivity index (χ1n) is 7.05. The van der Waals surface area contributed by atoms with E-state index < -0.39 is 17.0 Å². The van der Waals surface area contributed by atoms with Crippen molar-refractivity contribution in [3.63, 3.8) is 0 Å². The van der Waals surface area contributed by atoms with Crippen molar-refractivity contribution < 1.29 is 13.2 Å². The Hall–Kier alpha value is -2.09. The lowest BCUT2D eigenvalue weighted by Gasteiger charge is -2.12. The van der Waals surface area contributed by atoms with Gasteiger partial charge in [0.1, 0.15) is 22.7 Å². The summed E-state index contributed by atoms with van der Waals surface area (Å²) < 4.78 is 39.8. The van der Waals surface area contributed by atoms with Crippen LogP contribution in [-0.4, -0.2) is 15.0 Å². The monoisotopic (exact) mass is 415 g/mol. The molecule has 0 amide bonds. The predicted octanol–water partition coefficient (Wildman–Crippen LogP) is 5.07. The SMILES string of the molecule is CC(Sc1nc(N)cc(C#N)n1)c1cc2c(C(F)(F)F)csc2c(Cl)n1. The standard InChI is InChI=1S/C15H9ClF3N5S2/c1-6(26-14-22-7(4-20)2-11(21)24-14)10-3-8-9(15(17,18)19)5-25-12(8)13(16)23-10/h2-3,5-6H,1H3,(H2,21,22,24). The number of fused-ring (bicyclic) bond motifs is 1. The summed E-state index contributed by atoms with van der Waals surface area (Å²) in [6, 6.07) is 4.57. The fourth-order valence-electron chi connectivity index (χ4n) is 2.21. The molecule has 3 aromatic heterocycles. The van der Waals surface area contributed by atoms with Crippen molar-refractivity contribution in [1.29, 1.82) is 5.26 Å². The topological polar surface area (TPSA) is 88.5 Å². The van der Waals surface area contributed by atoms with E-state index in [0.29, 0.717) is 5.69 Å². The van der Waals surface area contributed by atoms with Gasteiger partial charge in [-0.15, -0.1) is 11.3 Å². The Kier molecular flexibility index (Phi) is 4.96. The molecule has 0 saturated heterocycles. The number of thiophene rings is 1. The molecule has 0 radical (unpaired) electrons. The molecule has 0 aliphatic rings. The number of hydrogen-bond donors (Lipinski definition) is 1. The van der Waals surface area contributed by atoms with Crippen LogP contribution in [-0.2, 0) is 6.18 Å². The summed E-state index contributed by atoms with van der Waals surface area (Å²) in [6.07, 6.45) is -4.48. The maximum atomic E-state index is 13.2. The number of aromatic nitrogens is 3. The number of pyridine rings is 1. The number of nitrogens with two attached hydrogens (primary N) is 1. The Morgan fingerprint density at radius 2 is 2.04 bits per heavy atom. The second-order valence-corrected chi connectivity index (χ2v) is 7.74. The molecule has 11 heteroatoms. The van der Waals surface area contributed by atoms with Gasteiger partial charge in [-0.1, -0.05) is 23.4 Å². The van der Waals surface area contributed by atoms with E-state index >= 15 is 0 Å². The van der Waals surface area contributed by atoms with Crippen LogP contribution in [0.3, 0.4) is 0 Å². The molecule has 26 heavy (non-hydrogen) atoms. The van der Waals surface area contributed by atoms with Gasteiger partial charge in [-0.2, -0.15) is 18.4 Å². The van der Waals surface area contributed by atoms with E-state index in [1.165, 1.54) is 12.1 Å². The van der Waals surface area contributed by atoms with Crippen LogP contribution in [0.25, 0.3) is 10.1 Å². The van der Waals surface area contributed by atoms with Gasteiger partial charge in [0.15, 0.2) is 5.16 Å². The number of nitriles is 1. The van der Waals surface area contributed by atoms with Crippen LogP contribution in [0.4, 0.5) is 19.0 Å². The summed E-state index contributed by atoms with van der Waals surface area (Å²) in [6.45, 7) is 1.73. The molecule has 3 rings (SSSR count). The first-order valence-corrected chi connectivity index (χ1v) is 9.19. The molecule has 3 heterocycles. The van der Waals surface area contributed by atoms with Gasteiger partial charge in [-0.25, -0.2) is 15.0 Å². The van der Waals surface area contributed by atoms with Crippen LogP contribution in [0, 0.1) is 11.3 Å². The van der Waals surface area contributed by atoms with E-state index in [9.17, 15) is 13.2 Å². The van der Waals surface area contributed by atoms with Crippen LogP contribution in [0.2, 0.25) is 5.15 Å². The van der Waals surface area contributed by atoms with E-state index in [4.69, 9.17) is 22.6 Å². The summed E-state index contributed by atoms with van der Waals surface area (Å²) >= 11 is 8.10. The van der Waals surface area contributed by atoms with Gasteiger partial charge in [0.25, 0.3) is 0 Å². The summed E-state index contributed by atoms with van der Waals surface area (Å²) in [5, 5.41) is 9.80. The lowest BCUT2D eigenvalue weighted by Crippen LogP contribution is -2.04. The van der Waals surface area contributed by atoms with Crippen LogP contribution in [0.15, 0.2) is 22.7 Å². The van der Waals surface area contributed by atoms with Gasteiger partial charge < -0.3 is 5.73 Å². The molecule has 2 N–H and O–H groups in total. The van der Waals surface area contributed by atoms with Crippen molar-refractivity contribution in [3.8, 4) is 6.07 Å². The van der Waals surface area contributed by atoms with Gasteiger partial charge in [0.05, 0.1) is 21.2 Å². The quantitative estimate of drug-likeness (QED) is 0.365. The van der Waals surface area contributed by atoms with E-state index in [-0.39, 0.29) is 31.9 Å². The van der Waals surface area contributed by atoms with E-state index in [1.54, 1.807) is 6.92 Å². The van der Waals surface area contributed by atoms with E-state index in [2.05, 4.69) is 15.0 Å². The molecular formula is C15H9ClF3N5S2. The normalized spacial score (nSPS) is 12.9. The number of anilines is 1. The van der Waals surface area contributed by atoms with Crippen molar-refractivity contribution in [2.75, 3.05) is 5.73 Å². The smallest absolute Gasteiger partial charge is 0.384 e. The van der Waals surface area contributed by atoms with Gasteiger partial charge in [0, 0.05) is 16.8 Å². The van der Waals surface area contributed by atoms with E-state index in [0.717, 1.165) is 28.5 Å². The number of halogens is 4. The predicted molar refractivity (Wildman–Crippen MR) is 95.1 cm³/mol. The third-order valence-electron chi connectivity index (χ3n) is 3.38. The highest BCUT2D eigenvalue weighted by atomic mass is 35.5. The molecule has 0 bridgehead atoms. The molecule has 1 unspecified atom stereocenters. The molecule has 0 saturated carbocycles. The minimum atomic E-state index is -4.48. The number of nitrogen functional groups attached to an aromatic ring is 1. The zero-order chi connectivity index (χ0) is 19.1. The number of rotatable bonds is 3. The van der Waals surface area contributed by atoms with Crippen LogP contribution >= 0.6 is 34.7 Å². The minimum Gasteiger partial charge on any atom is -0.384 e. The highest BCUT2D eigenvalue weighted by Crippen LogP contribution is 2.42. The number of nitrogens with zero attached hydrogens (tertiary/aromatic N) is 4. The van der Waals surface area contributed by atoms with Crippen molar-refractivity contribution in [1.82, 2.24) is 15.0 Å². The molecule has 0 spiro atoms. The molecule has 1 atom stereocenters. The first kappa shape index (κ1) is 18.7. The number of alkyl halides is 3. The van der Waals surface area contributed by atoms with E-state index in [1.807, 2.05) is 6.07 Å². The van der Waals surface area contributed by atoms with Crippen LogP contribution in [0.1, 0.15) is 29.1 Å². The van der Waals surface area contributed by atoms with Crippen LogP contribution in [0.5, 0.6) is 0 Å². The summed E-state index contributed by atoms with van der Waals surface area (Å²) in [5.41, 5.74) is 5.33. The molecular weight excluding hydrogens is 407 g/mol. The van der Waals surface area contributed by atoms with Gasteiger partial charge in [0.2, 0.25) is 0 Å². The largest absolute Gasteiger partial charge is 0.417 e. The van der Waals surface area contributed by atoms with Gasteiger partial charge in [-0.05, 0) is 13.0 Å². The fourth-order valence-corrected chi connectivity index (χ4v) is 4.35. The molecule has 0 aliphatic carbocycles. The molecule has 3 aromatic rings. The second kappa shape index (κ2) is 6.90. The second-order valence-electron chi connectivity index (χ2n) is 5.19. The van der Waals surface area contributed by atoms with Crippen molar-refractivity contribution in [2.45, 2.75) is 23.5 Å². The van der Waals surface area contributed by atoms with Crippen LogP contribution < -0.4 is 5.73 Å². The van der Waals surface area contributed by atoms with Crippen molar-refractivity contribution in [2.24, 2.45) is 0 Å². The zero-order valence-corrected chi connectivity index (χ0v) is 15.4. The Balaban J connectivity index is 2.00. The molecule has 134 valence electrons. The highest BCUT2D eigenvalue weighted by molar-refractivity contribution is 7.99. The number of hydrogen-bond acceptors (Lipinski definition) is 7. The molecule has 0 aliphatic heterocycles. The molecule has 0 aromatic carbocycles. The summed E-state index contributed by atoms with van der Waals surface area (Å²) in [7, 11) is 0. The third-order valence-corrected chi connectivity index (χ3v) is 5.76. The van der Waals surface area contributed by atoms with Gasteiger partial charge >= 0.3 is 6.18 Å². The highest BCUT2D eigenvalue weighted by Gasteiger charge is 2.34. The van der Waals surface area contributed by atoms with Crippen molar-refractivity contribution in [3.05, 3.63) is 39.6 Å². The Labute approximate surface area is 159 Å². The lowest BCUT2D eigenvalue weighted by atomic mass is 10.1. The lowest BCUT2D eigenvalue weighted by molar-refractivity contribution is -0.136. The Bertz CT molecular complexity index is 1030. The maximum Gasteiger partial charge on any atom is 0.417 e. The van der Waals surface area contributed by atoms with Gasteiger partial charge in [-0.3, -0.25) is 0 Å². The molecule has 0 fully saturated rings. The zero-order valence-electron chi connectivity index (χ0n) is 13.0. The average molecular weight is 416 g/mol. The summed E-state index contributed by atoms with van der Waals surface area (Å²) in [4.78, 5) is 12.2. The summed E-state index contributed by atoms with van der Waals surface area (Å²) in [5.74, 6) is 0.130. The Morgan fingerprint density at radius 3 is 2.69 bits per heavy atom. The number of thioether (sulfide) groups is 1. The maximum absolute atomic E-state index is 13.2. The molecule has 5 nitrogen and oxygen atoms in total. The minimum absolute atomic E-state index is 0.0103. The average Bonchev–Trinajstić information content (AvgIpc) is 2.98. The Morgan fingerprint density at radius 1 is 1.31 bits per heavy atom. The first-order chi connectivity index (χ1) is 12.2. The fraction of sp³-hybridized carbons (Fsp3) is 0.200. The third kappa shape index (κ3) is 3.70. The van der Waals surface area contributed by atoms with Crippen molar-refractivity contribution >= 4 is 50.6 Å².